The van der Waals surface area contributed by atoms with Crippen LogP contribution in [0.15, 0.2) is 0 Å². The second-order valence-corrected chi connectivity index (χ2v) is 5.33. The first-order valence-electron chi connectivity index (χ1n) is 6.97. The van der Waals surface area contributed by atoms with Crippen molar-refractivity contribution in [3.8, 4) is 0 Å². The van der Waals surface area contributed by atoms with Gasteiger partial charge in [0.05, 0.1) is 5.92 Å². The predicted molar refractivity (Wildman–Crippen MR) is 69.2 cm³/mol. The molecule has 1 saturated heterocycles. The summed E-state index contributed by atoms with van der Waals surface area (Å²) in [5.41, 5.74) is 0. The highest BCUT2D eigenvalue weighted by atomic mass is 16.2. The van der Waals surface area contributed by atoms with Gasteiger partial charge in [-0.15, -0.1) is 0 Å². The molecule has 0 radical (unpaired) electrons. The van der Waals surface area contributed by atoms with E-state index in [-0.39, 0.29) is 17.9 Å². The van der Waals surface area contributed by atoms with Gasteiger partial charge in [-0.1, -0.05) is 12.8 Å². The number of carbonyl (C=O) groups is 2. The number of nitrogens with one attached hydrogen (secondary N) is 2. The van der Waals surface area contributed by atoms with E-state index in [4.69, 9.17) is 0 Å². The fraction of sp³-hybridized carbons (Fsp3) is 0.846. The lowest BCUT2D eigenvalue weighted by molar-refractivity contribution is -0.125. The average Bonchev–Trinajstić information content (AvgIpc) is 2.90. The van der Waals surface area contributed by atoms with Crippen LogP contribution in [0.2, 0.25) is 0 Å². The molecule has 5 heteroatoms. The Kier molecular flexibility index (Phi) is 4.44. The molecule has 2 rings (SSSR count). The second kappa shape index (κ2) is 6.07. The number of amides is 3. The summed E-state index contributed by atoms with van der Waals surface area (Å²) in [5, 5.41) is 5.75. The summed E-state index contributed by atoms with van der Waals surface area (Å²) >= 11 is 0. The van der Waals surface area contributed by atoms with Gasteiger partial charge in [-0.2, -0.15) is 0 Å². The molecule has 0 aromatic rings. The van der Waals surface area contributed by atoms with E-state index >= 15 is 0 Å². The average molecular weight is 253 g/mol. The maximum absolute atomic E-state index is 12.1. The monoisotopic (exact) mass is 253 g/mol. The van der Waals surface area contributed by atoms with Crippen LogP contribution in [0.25, 0.3) is 0 Å². The summed E-state index contributed by atoms with van der Waals surface area (Å²) in [5.74, 6) is 0.00597. The minimum Gasteiger partial charge on any atom is -0.359 e. The Morgan fingerprint density at radius 3 is 2.50 bits per heavy atom. The van der Waals surface area contributed by atoms with E-state index in [0.29, 0.717) is 12.6 Å². The number of likely N-dealkylation sites (tertiary alicyclic amines) is 1. The quantitative estimate of drug-likeness (QED) is 0.774. The molecule has 0 aromatic heterocycles. The molecule has 1 aliphatic carbocycles. The molecule has 0 bridgehead atoms. The van der Waals surface area contributed by atoms with Gasteiger partial charge in [0.1, 0.15) is 0 Å². The fourth-order valence-corrected chi connectivity index (χ4v) is 2.92. The molecule has 2 aliphatic rings. The molecular formula is C13H23N3O2. The maximum atomic E-state index is 12.1. The van der Waals surface area contributed by atoms with Crippen molar-refractivity contribution in [3.63, 3.8) is 0 Å². The molecule has 5 nitrogen and oxygen atoms in total. The molecule has 102 valence electrons. The SMILES string of the molecule is CNC(=O)C1CCCN(C(=O)NC2CCCC2)C1. The third-order valence-corrected chi connectivity index (χ3v) is 4.01. The summed E-state index contributed by atoms with van der Waals surface area (Å²) in [4.78, 5) is 25.5. The van der Waals surface area contributed by atoms with Crippen molar-refractivity contribution in [2.75, 3.05) is 20.1 Å². The van der Waals surface area contributed by atoms with Gasteiger partial charge < -0.3 is 15.5 Å². The Morgan fingerprint density at radius 2 is 1.83 bits per heavy atom. The van der Waals surface area contributed by atoms with Crippen LogP contribution in [-0.4, -0.2) is 43.0 Å². The molecule has 1 aliphatic heterocycles. The van der Waals surface area contributed by atoms with Crippen LogP contribution in [0.1, 0.15) is 38.5 Å². The molecule has 1 unspecified atom stereocenters. The third-order valence-electron chi connectivity index (χ3n) is 4.01. The lowest BCUT2D eigenvalue weighted by Gasteiger charge is -2.32. The summed E-state index contributed by atoms with van der Waals surface area (Å²) in [6.45, 7) is 1.32. The zero-order chi connectivity index (χ0) is 13.0. The zero-order valence-corrected chi connectivity index (χ0v) is 11.1. The zero-order valence-electron chi connectivity index (χ0n) is 11.1. The van der Waals surface area contributed by atoms with E-state index in [1.54, 1.807) is 11.9 Å². The van der Waals surface area contributed by atoms with E-state index in [2.05, 4.69) is 10.6 Å². The predicted octanol–water partition coefficient (Wildman–Crippen LogP) is 1.10. The van der Waals surface area contributed by atoms with Crippen molar-refractivity contribution in [2.45, 2.75) is 44.6 Å². The molecule has 1 saturated carbocycles. The van der Waals surface area contributed by atoms with Crippen LogP contribution in [0.3, 0.4) is 0 Å². The van der Waals surface area contributed by atoms with Gasteiger partial charge in [0.25, 0.3) is 0 Å². The summed E-state index contributed by atoms with van der Waals surface area (Å²) < 4.78 is 0. The van der Waals surface area contributed by atoms with Crippen molar-refractivity contribution in [3.05, 3.63) is 0 Å². The molecule has 18 heavy (non-hydrogen) atoms. The molecular weight excluding hydrogens is 230 g/mol. The van der Waals surface area contributed by atoms with E-state index in [1.165, 1.54) is 12.8 Å². The highest BCUT2D eigenvalue weighted by Gasteiger charge is 2.29. The number of rotatable bonds is 2. The summed E-state index contributed by atoms with van der Waals surface area (Å²) in [6, 6.07) is 0.355. The minimum absolute atomic E-state index is 0.00973. The van der Waals surface area contributed by atoms with Crippen LogP contribution < -0.4 is 10.6 Å². The summed E-state index contributed by atoms with van der Waals surface area (Å²) in [6.07, 6.45) is 6.41. The maximum Gasteiger partial charge on any atom is 0.317 e. The van der Waals surface area contributed by atoms with Gasteiger partial charge in [-0.25, -0.2) is 4.79 Å². The first-order valence-corrected chi connectivity index (χ1v) is 6.97. The molecule has 0 aromatic carbocycles. The van der Waals surface area contributed by atoms with E-state index in [1.807, 2.05) is 0 Å². The van der Waals surface area contributed by atoms with E-state index in [9.17, 15) is 9.59 Å². The van der Waals surface area contributed by atoms with Crippen molar-refractivity contribution < 1.29 is 9.59 Å². The second-order valence-electron chi connectivity index (χ2n) is 5.33. The largest absolute Gasteiger partial charge is 0.359 e. The Bertz CT molecular complexity index is 313. The first kappa shape index (κ1) is 13.2. The number of piperidine rings is 1. The van der Waals surface area contributed by atoms with Crippen LogP contribution in [0, 0.1) is 5.92 Å². The van der Waals surface area contributed by atoms with Gasteiger partial charge in [-0.3, -0.25) is 4.79 Å². The van der Waals surface area contributed by atoms with Gasteiger partial charge in [0, 0.05) is 26.2 Å². The van der Waals surface area contributed by atoms with Crippen LogP contribution in [0.5, 0.6) is 0 Å². The summed E-state index contributed by atoms with van der Waals surface area (Å²) in [7, 11) is 1.65. The smallest absolute Gasteiger partial charge is 0.317 e. The standard InChI is InChI=1S/C13H23N3O2/c1-14-12(17)10-5-4-8-16(9-10)13(18)15-11-6-2-3-7-11/h10-11H,2-9H2,1H3,(H,14,17)(H,15,18). The number of nitrogens with zero attached hydrogens (tertiary/aromatic N) is 1. The highest BCUT2D eigenvalue weighted by molar-refractivity contribution is 5.80. The molecule has 3 amide bonds. The van der Waals surface area contributed by atoms with Crippen molar-refractivity contribution in [1.29, 1.82) is 0 Å². The molecule has 1 heterocycles. The number of hydrogen-bond donors (Lipinski definition) is 2. The van der Waals surface area contributed by atoms with Gasteiger partial charge in [0.2, 0.25) is 5.91 Å². The number of carbonyl (C=O) groups excluding carboxylic acids is 2. The van der Waals surface area contributed by atoms with Crippen molar-refractivity contribution in [2.24, 2.45) is 5.92 Å². The molecule has 2 N–H and O–H groups in total. The number of hydrogen-bond acceptors (Lipinski definition) is 2. The highest BCUT2D eigenvalue weighted by Crippen LogP contribution is 2.20. The van der Waals surface area contributed by atoms with Gasteiger partial charge >= 0.3 is 6.03 Å². The normalized spacial score (nSPS) is 24.9. The van der Waals surface area contributed by atoms with Crippen molar-refractivity contribution >= 4 is 11.9 Å². The molecule has 1 atom stereocenters. The molecule has 0 spiro atoms. The lowest BCUT2D eigenvalue weighted by atomic mass is 9.97. The van der Waals surface area contributed by atoms with Crippen LogP contribution >= 0.6 is 0 Å². The van der Waals surface area contributed by atoms with E-state index < -0.39 is 0 Å². The van der Waals surface area contributed by atoms with Crippen LogP contribution in [-0.2, 0) is 4.79 Å². The first-order chi connectivity index (χ1) is 8.70. The van der Waals surface area contributed by atoms with Gasteiger partial charge in [-0.05, 0) is 25.7 Å². The Labute approximate surface area is 108 Å². The number of urea groups is 1. The minimum atomic E-state index is -0.0434. The van der Waals surface area contributed by atoms with Crippen LogP contribution in [0.4, 0.5) is 4.79 Å². The lowest BCUT2D eigenvalue weighted by Crippen LogP contribution is -2.50. The van der Waals surface area contributed by atoms with Crippen molar-refractivity contribution in [1.82, 2.24) is 15.5 Å². The Balaban J connectivity index is 1.83. The van der Waals surface area contributed by atoms with Gasteiger partial charge in [0.15, 0.2) is 0 Å². The Hall–Kier alpha value is -1.26. The topological polar surface area (TPSA) is 61.4 Å². The third kappa shape index (κ3) is 3.15. The Morgan fingerprint density at radius 1 is 1.11 bits per heavy atom. The molecule has 2 fully saturated rings. The van der Waals surface area contributed by atoms with E-state index in [0.717, 1.165) is 32.2 Å². The fourth-order valence-electron chi connectivity index (χ4n) is 2.92.